The van der Waals surface area contributed by atoms with E-state index in [2.05, 4.69) is 15.0 Å². The number of alkyl halides is 3. The molecule has 1 atom stereocenters. The molecule has 0 saturated heterocycles. The minimum absolute atomic E-state index is 0.111. The summed E-state index contributed by atoms with van der Waals surface area (Å²) in [5.41, 5.74) is 3.02. The number of benzene rings is 1. The van der Waals surface area contributed by atoms with Gasteiger partial charge in [-0.25, -0.2) is 5.43 Å². The highest BCUT2D eigenvalue weighted by Crippen LogP contribution is 2.34. The van der Waals surface area contributed by atoms with Crippen LogP contribution < -0.4 is 11.3 Å². The molecule has 8 heteroatoms. The smallest absolute Gasteiger partial charge is 0.271 e. The van der Waals surface area contributed by atoms with E-state index < -0.39 is 17.8 Å². The molecule has 0 fully saturated rings. The van der Waals surface area contributed by atoms with Gasteiger partial charge in [0, 0.05) is 0 Å². The van der Waals surface area contributed by atoms with E-state index in [1.807, 2.05) is 13.8 Å². The predicted octanol–water partition coefficient (Wildman–Crippen LogP) is 3.23. The maximum atomic E-state index is 12.8. The van der Waals surface area contributed by atoms with Gasteiger partial charge in [0.25, 0.3) is 0 Å². The third kappa shape index (κ3) is 3.39. The molecule has 0 aliphatic rings. The number of nitrogens with two attached hydrogens (primary N) is 1. The molecule has 4 nitrogen and oxygen atoms in total. The number of hydrogen-bond donors (Lipinski definition) is 2. The molecule has 2 rings (SSSR count). The van der Waals surface area contributed by atoms with Gasteiger partial charge in [-0.1, -0.05) is 30.5 Å². The summed E-state index contributed by atoms with van der Waals surface area (Å²) in [6, 6.07) is 4.53. The molecule has 1 aromatic heterocycles. The normalized spacial score (nSPS) is 13.7. The van der Waals surface area contributed by atoms with Gasteiger partial charge in [0.05, 0.1) is 22.2 Å². The van der Waals surface area contributed by atoms with Crippen LogP contribution in [0.4, 0.5) is 13.2 Å². The second-order valence-electron chi connectivity index (χ2n) is 4.90. The molecule has 1 heterocycles. The minimum atomic E-state index is -4.39. The van der Waals surface area contributed by atoms with Crippen molar-refractivity contribution in [1.29, 1.82) is 0 Å². The average molecular weight is 316 g/mol. The highest BCUT2D eigenvalue weighted by atomic mass is 32.1. The first-order valence-corrected chi connectivity index (χ1v) is 7.07. The van der Waals surface area contributed by atoms with Crippen molar-refractivity contribution in [2.75, 3.05) is 0 Å². The molecule has 0 amide bonds. The largest absolute Gasteiger partial charge is 0.416 e. The summed E-state index contributed by atoms with van der Waals surface area (Å²) in [6.45, 7) is 3.89. The zero-order valence-corrected chi connectivity index (χ0v) is 12.3. The molecule has 2 aromatic rings. The van der Waals surface area contributed by atoms with E-state index in [0.717, 1.165) is 34.2 Å². The Labute approximate surface area is 124 Å². The number of nitrogens with one attached hydrogen (secondary N) is 1. The van der Waals surface area contributed by atoms with Crippen LogP contribution in [0.5, 0.6) is 0 Å². The lowest BCUT2D eigenvalue weighted by molar-refractivity contribution is -0.137. The van der Waals surface area contributed by atoms with Crippen LogP contribution in [0, 0.1) is 0 Å². The van der Waals surface area contributed by atoms with Crippen molar-refractivity contribution < 1.29 is 13.2 Å². The predicted molar refractivity (Wildman–Crippen MR) is 74.6 cm³/mol. The summed E-state index contributed by atoms with van der Waals surface area (Å²) in [5.74, 6) is 5.66. The number of halogens is 3. The maximum absolute atomic E-state index is 12.8. The molecular formula is C13H15F3N4S. The van der Waals surface area contributed by atoms with E-state index in [0.29, 0.717) is 5.56 Å². The fourth-order valence-corrected chi connectivity index (χ4v) is 2.92. The van der Waals surface area contributed by atoms with E-state index in [1.165, 1.54) is 6.07 Å². The fraction of sp³-hybridized carbons (Fsp3) is 0.385. The molecule has 0 aliphatic carbocycles. The SMILES string of the molecule is CC(C)c1nnsc1C(NN)c1cccc(C(F)(F)F)c1. The first-order valence-electron chi connectivity index (χ1n) is 6.30. The minimum Gasteiger partial charge on any atom is -0.271 e. The molecule has 0 saturated carbocycles. The molecule has 0 bridgehead atoms. The Balaban J connectivity index is 2.45. The van der Waals surface area contributed by atoms with Crippen LogP contribution in [0.25, 0.3) is 0 Å². The van der Waals surface area contributed by atoms with Crippen LogP contribution in [0.15, 0.2) is 24.3 Å². The number of nitrogens with zero attached hydrogens (tertiary/aromatic N) is 2. The number of aromatic nitrogens is 2. The van der Waals surface area contributed by atoms with Crippen molar-refractivity contribution in [2.24, 2.45) is 5.84 Å². The van der Waals surface area contributed by atoms with E-state index in [-0.39, 0.29) is 5.92 Å². The number of rotatable bonds is 4. The van der Waals surface area contributed by atoms with Crippen molar-refractivity contribution in [3.05, 3.63) is 46.0 Å². The van der Waals surface area contributed by atoms with Gasteiger partial charge in [-0.2, -0.15) is 13.2 Å². The first kappa shape index (κ1) is 15.9. The Morgan fingerprint density at radius 3 is 2.57 bits per heavy atom. The second-order valence-corrected chi connectivity index (χ2v) is 5.69. The van der Waals surface area contributed by atoms with Crippen molar-refractivity contribution in [3.8, 4) is 0 Å². The van der Waals surface area contributed by atoms with Gasteiger partial charge >= 0.3 is 6.18 Å². The van der Waals surface area contributed by atoms with Crippen LogP contribution in [0.2, 0.25) is 0 Å². The van der Waals surface area contributed by atoms with E-state index in [9.17, 15) is 13.2 Å². The van der Waals surface area contributed by atoms with Crippen LogP contribution in [-0.4, -0.2) is 9.59 Å². The Morgan fingerprint density at radius 2 is 2.00 bits per heavy atom. The fourth-order valence-electron chi connectivity index (χ4n) is 2.02. The van der Waals surface area contributed by atoms with Gasteiger partial charge in [0.2, 0.25) is 0 Å². The zero-order chi connectivity index (χ0) is 15.6. The monoisotopic (exact) mass is 316 g/mol. The van der Waals surface area contributed by atoms with Gasteiger partial charge in [-0.05, 0) is 35.1 Å². The molecule has 3 N–H and O–H groups in total. The van der Waals surface area contributed by atoms with Gasteiger partial charge in [0.1, 0.15) is 0 Å². The Morgan fingerprint density at radius 1 is 1.29 bits per heavy atom. The van der Waals surface area contributed by atoms with E-state index >= 15 is 0 Å². The Kier molecular flexibility index (Phi) is 4.60. The summed E-state index contributed by atoms with van der Waals surface area (Å²) >= 11 is 1.13. The molecular weight excluding hydrogens is 301 g/mol. The number of hydrogen-bond acceptors (Lipinski definition) is 5. The second kappa shape index (κ2) is 6.08. The third-order valence-corrected chi connectivity index (χ3v) is 3.87. The van der Waals surface area contributed by atoms with E-state index in [4.69, 9.17) is 5.84 Å². The van der Waals surface area contributed by atoms with Gasteiger partial charge in [-0.3, -0.25) is 5.84 Å². The molecule has 114 valence electrons. The maximum Gasteiger partial charge on any atom is 0.416 e. The van der Waals surface area contributed by atoms with Crippen molar-refractivity contribution >= 4 is 11.5 Å². The van der Waals surface area contributed by atoms with Crippen molar-refractivity contribution in [1.82, 2.24) is 15.0 Å². The summed E-state index contributed by atoms with van der Waals surface area (Å²) < 4.78 is 42.3. The van der Waals surface area contributed by atoms with Gasteiger partial charge in [0.15, 0.2) is 0 Å². The molecule has 1 unspecified atom stereocenters. The lowest BCUT2D eigenvalue weighted by Gasteiger charge is -2.18. The lowest BCUT2D eigenvalue weighted by Crippen LogP contribution is -2.29. The van der Waals surface area contributed by atoms with Crippen LogP contribution in [-0.2, 0) is 6.18 Å². The van der Waals surface area contributed by atoms with E-state index in [1.54, 1.807) is 6.07 Å². The summed E-state index contributed by atoms with van der Waals surface area (Å²) in [4.78, 5) is 0.729. The van der Waals surface area contributed by atoms with Gasteiger partial charge in [-0.15, -0.1) is 5.10 Å². The topological polar surface area (TPSA) is 63.8 Å². The highest BCUT2D eigenvalue weighted by Gasteiger charge is 2.31. The molecule has 1 aromatic carbocycles. The highest BCUT2D eigenvalue weighted by molar-refractivity contribution is 7.05. The quantitative estimate of drug-likeness (QED) is 0.671. The Hall–Kier alpha value is -1.51. The van der Waals surface area contributed by atoms with Crippen molar-refractivity contribution in [3.63, 3.8) is 0 Å². The number of hydrazine groups is 1. The lowest BCUT2D eigenvalue weighted by atomic mass is 9.99. The van der Waals surface area contributed by atoms with Crippen molar-refractivity contribution in [2.45, 2.75) is 32.0 Å². The summed E-state index contributed by atoms with van der Waals surface area (Å²) in [6.07, 6.45) is -4.39. The zero-order valence-electron chi connectivity index (χ0n) is 11.5. The standard InChI is InChI=1S/C13H15F3N4S/c1-7(2)10-12(21-20-19-10)11(18-17)8-4-3-5-9(6-8)13(14,15)16/h3-7,11,18H,17H2,1-2H3. The third-order valence-electron chi connectivity index (χ3n) is 3.06. The first-order chi connectivity index (χ1) is 9.84. The van der Waals surface area contributed by atoms with Crippen LogP contribution in [0.3, 0.4) is 0 Å². The molecule has 0 radical (unpaired) electrons. The van der Waals surface area contributed by atoms with Gasteiger partial charge < -0.3 is 0 Å². The molecule has 21 heavy (non-hydrogen) atoms. The molecule has 0 spiro atoms. The average Bonchev–Trinajstić information content (AvgIpc) is 2.88. The van der Waals surface area contributed by atoms with Crippen LogP contribution in [0.1, 0.15) is 47.5 Å². The Bertz CT molecular complexity index is 609. The molecule has 0 aliphatic heterocycles. The summed E-state index contributed by atoms with van der Waals surface area (Å²) in [5, 5.41) is 4.03. The van der Waals surface area contributed by atoms with Crippen LogP contribution >= 0.6 is 11.5 Å². The summed E-state index contributed by atoms with van der Waals surface area (Å²) in [7, 11) is 0.